The van der Waals surface area contributed by atoms with E-state index in [0.717, 1.165) is 12.1 Å². The van der Waals surface area contributed by atoms with Gasteiger partial charge in [0.1, 0.15) is 11.8 Å². The van der Waals surface area contributed by atoms with Crippen molar-refractivity contribution in [2.24, 2.45) is 0 Å². The van der Waals surface area contributed by atoms with Crippen molar-refractivity contribution in [3.8, 4) is 0 Å². The number of esters is 1. The minimum Gasteiger partial charge on any atom is -0.463 e. The summed E-state index contributed by atoms with van der Waals surface area (Å²) in [5.74, 6) is -0.587. The van der Waals surface area contributed by atoms with Crippen LogP contribution in [0.2, 0.25) is 0 Å². The molecule has 2 rings (SSSR count). The van der Waals surface area contributed by atoms with Crippen LogP contribution in [0.15, 0.2) is 39.7 Å². The van der Waals surface area contributed by atoms with Crippen LogP contribution in [0.3, 0.4) is 0 Å². The molecule has 0 saturated heterocycles. The monoisotopic (exact) mass is 289 g/mol. The Bertz CT molecular complexity index is 790. The SMILES string of the molecule is CCOC(=O)/C=C/c1coc2ccc([N+](=O)[O-])cc2c1=O. The molecule has 0 aliphatic carbocycles. The molecule has 108 valence electrons. The highest BCUT2D eigenvalue weighted by molar-refractivity contribution is 5.88. The fraction of sp³-hybridized carbons (Fsp3) is 0.143. The van der Waals surface area contributed by atoms with Gasteiger partial charge < -0.3 is 9.15 Å². The van der Waals surface area contributed by atoms with Crippen molar-refractivity contribution in [1.29, 1.82) is 0 Å². The Hall–Kier alpha value is -2.96. The van der Waals surface area contributed by atoms with Crippen LogP contribution < -0.4 is 5.43 Å². The van der Waals surface area contributed by atoms with Gasteiger partial charge in [0, 0.05) is 18.2 Å². The number of nitrogens with zero attached hydrogens (tertiary/aromatic N) is 1. The third-order valence-electron chi connectivity index (χ3n) is 2.68. The van der Waals surface area contributed by atoms with E-state index in [4.69, 9.17) is 9.15 Å². The summed E-state index contributed by atoms with van der Waals surface area (Å²) in [6.07, 6.45) is 3.53. The molecular weight excluding hydrogens is 278 g/mol. The van der Waals surface area contributed by atoms with Gasteiger partial charge in [0.25, 0.3) is 5.69 Å². The van der Waals surface area contributed by atoms with E-state index < -0.39 is 16.3 Å². The predicted octanol–water partition coefficient (Wildman–Crippen LogP) is 2.28. The topological polar surface area (TPSA) is 99.7 Å². The molecule has 0 fully saturated rings. The molecule has 7 nitrogen and oxygen atoms in total. The van der Waals surface area contributed by atoms with Gasteiger partial charge in [-0.3, -0.25) is 14.9 Å². The summed E-state index contributed by atoms with van der Waals surface area (Å²) in [5, 5.41) is 10.8. The number of nitro groups is 1. The van der Waals surface area contributed by atoms with E-state index >= 15 is 0 Å². The molecule has 0 aliphatic heterocycles. The quantitative estimate of drug-likeness (QED) is 0.370. The van der Waals surface area contributed by atoms with Gasteiger partial charge in [-0.2, -0.15) is 0 Å². The van der Waals surface area contributed by atoms with Crippen molar-refractivity contribution in [3.63, 3.8) is 0 Å². The molecule has 0 unspecified atom stereocenters. The molecule has 0 aliphatic rings. The maximum atomic E-state index is 12.2. The van der Waals surface area contributed by atoms with Crippen LogP contribution in [0.25, 0.3) is 17.0 Å². The highest BCUT2D eigenvalue weighted by atomic mass is 16.6. The lowest BCUT2D eigenvalue weighted by Gasteiger charge is -1.99. The van der Waals surface area contributed by atoms with Crippen LogP contribution in [0.4, 0.5) is 5.69 Å². The number of carbonyl (C=O) groups is 1. The molecule has 21 heavy (non-hydrogen) atoms. The van der Waals surface area contributed by atoms with Crippen LogP contribution in [-0.4, -0.2) is 17.5 Å². The molecule has 7 heteroatoms. The molecular formula is C14H11NO6. The smallest absolute Gasteiger partial charge is 0.330 e. The molecule has 0 bridgehead atoms. The van der Waals surface area contributed by atoms with E-state index in [1.165, 1.54) is 24.5 Å². The van der Waals surface area contributed by atoms with Gasteiger partial charge in [0.2, 0.25) is 0 Å². The van der Waals surface area contributed by atoms with E-state index in [9.17, 15) is 19.7 Å². The van der Waals surface area contributed by atoms with Crippen molar-refractivity contribution in [1.82, 2.24) is 0 Å². The van der Waals surface area contributed by atoms with Crippen LogP contribution in [-0.2, 0) is 9.53 Å². The number of ether oxygens (including phenoxy) is 1. The minimum absolute atomic E-state index is 0.0789. The summed E-state index contributed by atoms with van der Waals surface area (Å²) in [6.45, 7) is 1.89. The average molecular weight is 289 g/mol. The number of nitro benzene ring substituents is 1. The number of fused-ring (bicyclic) bond motifs is 1. The molecule has 0 N–H and O–H groups in total. The fourth-order valence-electron chi connectivity index (χ4n) is 1.71. The Kier molecular flexibility index (Phi) is 4.13. The molecule has 0 spiro atoms. The molecule has 1 aromatic carbocycles. The lowest BCUT2D eigenvalue weighted by molar-refractivity contribution is -0.384. The van der Waals surface area contributed by atoms with Gasteiger partial charge in [0.05, 0.1) is 22.5 Å². The first kappa shape index (κ1) is 14.4. The van der Waals surface area contributed by atoms with E-state index in [-0.39, 0.29) is 28.8 Å². The highest BCUT2D eigenvalue weighted by Gasteiger charge is 2.11. The lowest BCUT2D eigenvalue weighted by atomic mass is 10.1. The van der Waals surface area contributed by atoms with Gasteiger partial charge in [-0.15, -0.1) is 0 Å². The Balaban J connectivity index is 2.47. The first-order chi connectivity index (χ1) is 10.0. The fourth-order valence-corrected chi connectivity index (χ4v) is 1.71. The van der Waals surface area contributed by atoms with Crippen LogP contribution in [0.5, 0.6) is 0 Å². The van der Waals surface area contributed by atoms with E-state index in [0.29, 0.717) is 0 Å². The molecule has 2 aromatic rings. The van der Waals surface area contributed by atoms with Gasteiger partial charge in [-0.05, 0) is 19.1 Å². The van der Waals surface area contributed by atoms with Gasteiger partial charge in [-0.25, -0.2) is 4.79 Å². The minimum atomic E-state index is -0.597. The van der Waals surface area contributed by atoms with E-state index in [2.05, 4.69) is 0 Å². The summed E-state index contributed by atoms with van der Waals surface area (Å²) in [4.78, 5) is 33.5. The second-order valence-electron chi connectivity index (χ2n) is 4.04. The van der Waals surface area contributed by atoms with Crippen molar-refractivity contribution >= 4 is 28.7 Å². The normalized spacial score (nSPS) is 10.9. The number of non-ortho nitro benzene ring substituents is 1. The Morgan fingerprint density at radius 2 is 2.24 bits per heavy atom. The molecule has 0 saturated carbocycles. The van der Waals surface area contributed by atoms with Crippen molar-refractivity contribution in [2.45, 2.75) is 6.92 Å². The zero-order chi connectivity index (χ0) is 15.4. The Morgan fingerprint density at radius 1 is 1.48 bits per heavy atom. The van der Waals surface area contributed by atoms with Gasteiger partial charge in [-0.1, -0.05) is 0 Å². The predicted molar refractivity (Wildman–Crippen MR) is 74.8 cm³/mol. The van der Waals surface area contributed by atoms with Crippen molar-refractivity contribution in [2.75, 3.05) is 6.61 Å². The van der Waals surface area contributed by atoms with Gasteiger partial charge in [0.15, 0.2) is 5.43 Å². The van der Waals surface area contributed by atoms with Crippen LogP contribution >= 0.6 is 0 Å². The average Bonchev–Trinajstić information content (AvgIpc) is 2.46. The zero-order valence-electron chi connectivity index (χ0n) is 11.1. The second-order valence-corrected chi connectivity index (χ2v) is 4.04. The number of hydrogen-bond acceptors (Lipinski definition) is 6. The van der Waals surface area contributed by atoms with Crippen LogP contribution in [0, 0.1) is 10.1 Å². The summed E-state index contributed by atoms with van der Waals surface area (Å²) in [5.41, 5.74) is -0.322. The van der Waals surface area contributed by atoms with Gasteiger partial charge >= 0.3 is 5.97 Å². The number of rotatable bonds is 4. The van der Waals surface area contributed by atoms with Crippen LogP contribution in [0.1, 0.15) is 12.5 Å². The zero-order valence-corrected chi connectivity index (χ0v) is 11.1. The summed E-state index contributed by atoms with van der Waals surface area (Å²) in [6, 6.07) is 3.75. The largest absolute Gasteiger partial charge is 0.463 e. The van der Waals surface area contributed by atoms with Crippen molar-refractivity contribution in [3.05, 3.63) is 56.4 Å². The first-order valence-corrected chi connectivity index (χ1v) is 6.07. The van der Waals surface area contributed by atoms with E-state index in [1.807, 2.05) is 0 Å². The van der Waals surface area contributed by atoms with Crippen molar-refractivity contribution < 1.29 is 18.9 Å². The summed E-state index contributed by atoms with van der Waals surface area (Å²) in [7, 11) is 0. The first-order valence-electron chi connectivity index (χ1n) is 6.07. The number of hydrogen-bond donors (Lipinski definition) is 0. The standard InChI is InChI=1S/C14H11NO6/c1-2-20-13(16)6-3-9-8-21-12-5-4-10(15(18)19)7-11(12)14(9)17/h3-8H,2H2,1H3/b6-3+. The highest BCUT2D eigenvalue weighted by Crippen LogP contribution is 2.19. The Morgan fingerprint density at radius 3 is 2.90 bits per heavy atom. The molecule has 0 radical (unpaired) electrons. The maximum Gasteiger partial charge on any atom is 0.330 e. The third-order valence-corrected chi connectivity index (χ3v) is 2.68. The van der Waals surface area contributed by atoms with E-state index in [1.54, 1.807) is 6.92 Å². The maximum absolute atomic E-state index is 12.2. The lowest BCUT2D eigenvalue weighted by Crippen LogP contribution is -2.06. The number of carbonyl (C=O) groups excluding carboxylic acids is 1. The second kappa shape index (κ2) is 6.00. The summed E-state index contributed by atoms with van der Waals surface area (Å²) < 4.78 is 9.92. The molecule has 1 aromatic heterocycles. The molecule has 0 atom stereocenters. The molecule has 1 heterocycles. The third kappa shape index (κ3) is 3.14. The summed E-state index contributed by atoms with van der Waals surface area (Å²) >= 11 is 0. The number of benzene rings is 1. The Labute approximate surface area is 118 Å². The molecule has 0 amide bonds.